The normalized spacial score (nSPS) is 27.2. The van der Waals surface area contributed by atoms with Gasteiger partial charge in [-0.25, -0.2) is 38.9 Å². The van der Waals surface area contributed by atoms with Crippen LogP contribution in [0.3, 0.4) is 0 Å². The summed E-state index contributed by atoms with van der Waals surface area (Å²) in [7, 11) is -14.2. The van der Waals surface area contributed by atoms with Crippen molar-refractivity contribution >= 4 is 31.1 Å². The van der Waals surface area contributed by atoms with E-state index < -0.39 is 49.6 Å². The van der Waals surface area contributed by atoms with Crippen LogP contribution in [0, 0.1) is 31.2 Å². The van der Waals surface area contributed by atoms with Gasteiger partial charge in [0, 0.05) is 6.29 Å². The summed E-state index contributed by atoms with van der Waals surface area (Å²) in [6.45, 7) is 7.44. The number of nitrogens with one attached hydrogen (secondary N) is 1. The minimum Gasteiger partial charge on any atom is -0.743 e. The Morgan fingerprint density at radius 1 is 0.971 bits per heavy atom. The predicted molar refractivity (Wildman–Crippen MR) is 96.5 cm³/mol. The van der Waals surface area contributed by atoms with Crippen molar-refractivity contribution < 1.29 is 186 Å². The van der Waals surface area contributed by atoms with Gasteiger partial charge in [-0.15, -0.1) is 0 Å². The molecule has 0 saturated carbocycles. The largest absolute Gasteiger partial charge is 1.00 e. The smallest absolute Gasteiger partial charge is 0.743 e. The van der Waals surface area contributed by atoms with Crippen molar-refractivity contribution in [1.29, 1.82) is 4.78 Å². The van der Waals surface area contributed by atoms with E-state index in [2.05, 4.69) is 6.92 Å². The van der Waals surface area contributed by atoms with Crippen molar-refractivity contribution in [2.45, 2.75) is 50.5 Å². The van der Waals surface area contributed by atoms with Gasteiger partial charge in [0.2, 0.25) is 20.8 Å². The minimum absolute atomic E-state index is 0. The molecule has 2 saturated heterocycles. The average Bonchev–Trinajstić information content (AvgIpc) is 2.47. The van der Waals surface area contributed by atoms with E-state index in [-0.39, 0.29) is 130 Å². The summed E-state index contributed by atoms with van der Waals surface area (Å²) in [6, 6.07) is 0. The van der Waals surface area contributed by atoms with E-state index in [1.807, 2.05) is 13.3 Å². The number of ether oxygens (including phenoxy) is 3. The Morgan fingerprint density at radius 2 is 1.34 bits per heavy atom. The third-order valence-corrected chi connectivity index (χ3v) is 2.73. The summed E-state index contributed by atoms with van der Waals surface area (Å²) >= 11 is 0. The first-order valence-electron chi connectivity index (χ1n) is 7.73. The number of aliphatic hydroxyl groups excluding tert-OH is 1. The molecule has 0 radical (unpaired) electrons. The first-order chi connectivity index (χ1) is 13.7. The molecule has 2 unspecified atom stereocenters. The standard InChI is InChI=1S/C12H18O4.H3NO3S.4Na.2H2O4S/c1-8-7-10(13)12(9(2)15-8)16-11-5-3-4-6-14-11;1-5(2,3)4;;;;;2*1-5(2,3)4/h5-13H,2-4H2,1H3;(H3,1,2,3,4);;;;;2*(H2,1,2,3,4)/q-4;;4*+1;;/p-3/t8-,9?,10+,11-,12-;;;;;;;/m0......./s1. The molecule has 0 amide bonds. The monoisotopic (exact) mass is 608 g/mol. The molecule has 0 spiro atoms. The van der Waals surface area contributed by atoms with Crippen LogP contribution in [0.2, 0.25) is 0 Å². The van der Waals surface area contributed by atoms with E-state index in [9.17, 15) is 5.11 Å². The van der Waals surface area contributed by atoms with Gasteiger partial charge in [0.05, 0.1) is 16.4 Å². The van der Waals surface area contributed by atoms with Crippen LogP contribution < -0.4 is 118 Å². The first kappa shape index (κ1) is 51.2. The molecule has 2 aliphatic heterocycles. The summed E-state index contributed by atoms with van der Waals surface area (Å²) in [4.78, 5) is 0. The second kappa shape index (κ2) is 25.2. The Hall–Kier alpha value is 3.45. The van der Waals surface area contributed by atoms with Gasteiger partial charge in [-0.1, -0.05) is 13.0 Å². The summed E-state index contributed by atoms with van der Waals surface area (Å²) in [6.07, 6.45) is 3.47. The van der Waals surface area contributed by atoms with Crippen LogP contribution in [0.25, 0.3) is 0 Å². The van der Waals surface area contributed by atoms with E-state index in [0.717, 1.165) is 12.8 Å². The molecule has 0 aromatic carbocycles. The Kier molecular flexibility index (Phi) is 36.8. The fourth-order valence-electron chi connectivity index (χ4n) is 1.94. The first-order valence-corrected chi connectivity index (χ1v) is 11.9. The third kappa shape index (κ3) is 47.6. The van der Waals surface area contributed by atoms with E-state index in [4.69, 9.17) is 67.4 Å². The maximum absolute atomic E-state index is 9.86. The Morgan fingerprint density at radius 3 is 1.63 bits per heavy atom. The van der Waals surface area contributed by atoms with Gasteiger partial charge >= 0.3 is 118 Å². The Labute approximate surface area is 294 Å². The van der Waals surface area contributed by atoms with Crippen LogP contribution >= 0.6 is 0 Å². The molecule has 35 heavy (non-hydrogen) atoms. The van der Waals surface area contributed by atoms with Crippen molar-refractivity contribution in [3.63, 3.8) is 0 Å². The number of aliphatic hydroxyl groups is 1. The van der Waals surface area contributed by atoms with Crippen molar-refractivity contribution in [2.75, 3.05) is 0 Å². The molecule has 0 bridgehead atoms. The average molecular weight is 608 g/mol. The van der Waals surface area contributed by atoms with Gasteiger partial charge in [-0.05, 0) is 12.2 Å². The zero-order chi connectivity index (χ0) is 25.0. The summed E-state index contributed by atoms with van der Waals surface area (Å²) in [5.41, 5.74) is 0. The maximum atomic E-state index is 9.86. The predicted octanol–water partition coefficient (Wildman–Crippen LogP) is -13.3. The van der Waals surface area contributed by atoms with Crippen LogP contribution in [0.5, 0.6) is 0 Å². The van der Waals surface area contributed by atoms with Crippen LogP contribution in [0.4, 0.5) is 0 Å². The van der Waals surface area contributed by atoms with E-state index >= 15 is 0 Å². The Bertz CT molecular complexity index is 702. The topological polar surface area (TPSA) is 287 Å². The molecule has 2 aliphatic rings. The summed E-state index contributed by atoms with van der Waals surface area (Å²) in [5, 5.41) is 9.86. The third-order valence-electron chi connectivity index (χ3n) is 2.73. The number of hydrogen-bond donors (Lipinski definition) is 5. The maximum Gasteiger partial charge on any atom is 1.00 e. The summed E-state index contributed by atoms with van der Waals surface area (Å²) in [5.74, 6) is 0. The van der Waals surface area contributed by atoms with Gasteiger partial charge in [0.1, 0.15) is 0 Å². The molecule has 0 aromatic heterocycles. The molecule has 2 heterocycles. The zero-order valence-corrected chi connectivity index (χ0v) is 30.2. The zero-order valence-electron chi connectivity index (χ0n) is 19.7. The molecule has 2 rings (SSSR count). The molecule has 190 valence electrons. The van der Waals surface area contributed by atoms with Gasteiger partial charge < -0.3 is 44.5 Å². The van der Waals surface area contributed by atoms with Crippen LogP contribution in [-0.4, -0.2) is 84.2 Å². The Balaban J connectivity index is -0.0000000939. The molecule has 2 fully saturated rings. The van der Waals surface area contributed by atoms with Crippen molar-refractivity contribution in [3.8, 4) is 0 Å². The summed E-state index contributed by atoms with van der Waals surface area (Å²) < 4.78 is 112. The van der Waals surface area contributed by atoms with Gasteiger partial charge in [0.25, 0.3) is 0 Å². The minimum atomic E-state index is -4.92. The SMILES string of the molecule is N=S(=O)([O-])O.O=S(=O)([O-])O.O=S(=O)([O-])O.[CH2-]C1O[C@@H](C)[CH-][C@@H](O)[C@H]1O[C@H]1[CH-]CC[CH-]O1.[Na+].[Na+].[Na+].[Na+]. The van der Waals surface area contributed by atoms with Crippen LogP contribution in [-0.2, 0) is 45.3 Å². The molecule has 23 heteroatoms. The van der Waals surface area contributed by atoms with E-state index in [0.29, 0.717) is 0 Å². The molecule has 16 nitrogen and oxygen atoms in total. The van der Waals surface area contributed by atoms with E-state index in [1.165, 1.54) is 0 Å². The van der Waals surface area contributed by atoms with Gasteiger partial charge in [-0.2, -0.15) is 6.42 Å². The quantitative estimate of drug-likeness (QED) is 0.0842. The van der Waals surface area contributed by atoms with E-state index in [1.54, 1.807) is 13.0 Å². The van der Waals surface area contributed by atoms with Gasteiger partial charge in [0.15, 0.2) is 0 Å². The van der Waals surface area contributed by atoms with Crippen molar-refractivity contribution in [3.05, 3.63) is 26.4 Å². The second-order valence-corrected chi connectivity index (χ2v) is 8.14. The van der Waals surface area contributed by atoms with Gasteiger partial charge in [-0.3, -0.25) is 21.9 Å². The fourth-order valence-corrected chi connectivity index (χ4v) is 1.94. The molecule has 5 N–H and O–H groups in total. The molecular weight excluding hydrogens is 586 g/mol. The van der Waals surface area contributed by atoms with Crippen LogP contribution in [0.15, 0.2) is 0 Å². The van der Waals surface area contributed by atoms with Crippen molar-refractivity contribution in [1.82, 2.24) is 0 Å². The second-order valence-electron chi connectivity index (χ2n) is 5.48. The number of hydrogen-bond acceptors (Lipinski definition) is 13. The van der Waals surface area contributed by atoms with Crippen molar-refractivity contribution in [2.24, 2.45) is 0 Å². The fraction of sp³-hybridized carbons (Fsp3) is 0.667. The molecule has 0 aliphatic carbocycles. The molecule has 6 atom stereocenters. The number of rotatable bonds is 2. The molecule has 0 aromatic rings. The molecular formula is C12H22NNa4O15S3-3. The van der Waals surface area contributed by atoms with Crippen LogP contribution in [0.1, 0.15) is 19.8 Å².